The monoisotopic (exact) mass is 198 g/mol. The number of aliphatic hydroxyl groups excluding tert-OH is 1. The van der Waals surface area contributed by atoms with Crippen molar-refractivity contribution in [3.05, 3.63) is 16.1 Å². The van der Waals surface area contributed by atoms with Gasteiger partial charge in [-0.3, -0.25) is 0 Å². The van der Waals surface area contributed by atoms with E-state index in [1.165, 1.54) is 4.88 Å². The molecule has 1 fully saturated rings. The summed E-state index contributed by atoms with van der Waals surface area (Å²) in [4.78, 5) is 5.45. The van der Waals surface area contributed by atoms with Crippen molar-refractivity contribution < 1.29 is 5.11 Å². The summed E-state index contributed by atoms with van der Waals surface area (Å²) < 4.78 is 0. The second-order valence-electron chi connectivity index (χ2n) is 3.79. The molecule has 1 aliphatic carbocycles. The van der Waals surface area contributed by atoms with Crippen LogP contribution in [0, 0.1) is 6.92 Å². The Balaban J connectivity index is 2.23. The molecule has 2 rings (SSSR count). The zero-order valence-electron chi connectivity index (χ0n) is 7.66. The van der Waals surface area contributed by atoms with Gasteiger partial charge in [-0.1, -0.05) is 0 Å². The van der Waals surface area contributed by atoms with Gasteiger partial charge in [-0.15, -0.1) is 11.3 Å². The van der Waals surface area contributed by atoms with Gasteiger partial charge in [0.1, 0.15) is 0 Å². The fraction of sp³-hybridized carbons (Fsp3) is 0.667. The van der Waals surface area contributed by atoms with Crippen LogP contribution >= 0.6 is 11.3 Å². The molecule has 1 saturated carbocycles. The molecule has 0 saturated heterocycles. The molecule has 0 unspecified atom stereocenters. The van der Waals surface area contributed by atoms with E-state index in [4.69, 9.17) is 5.73 Å². The highest BCUT2D eigenvalue weighted by Crippen LogP contribution is 2.44. The molecule has 1 aromatic rings. The Morgan fingerprint density at radius 2 is 2.46 bits per heavy atom. The molecule has 4 heteroatoms. The Bertz CT molecular complexity index is 304. The van der Waals surface area contributed by atoms with E-state index in [0.29, 0.717) is 6.54 Å². The fourth-order valence-corrected chi connectivity index (χ4v) is 2.91. The molecule has 0 spiro atoms. The summed E-state index contributed by atoms with van der Waals surface area (Å²) in [6.45, 7) is 2.61. The second-order valence-corrected chi connectivity index (χ2v) is 5.02. The van der Waals surface area contributed by atoms with Crippen molar-refractivity contribution in [1.82, 2.24) is 4.98 Å². The number of aryl methyl sites for hydroxylation is 1. The lowest BCUT2D eigenvalue weighted by molar-refractivity contribution is 0.0238. The molecule has 0 amide bonds. The molecule has 13 heavy (non-hydrogen) atoms. The van der Waals surface area contributed by atoms with Crippen LogP contribution in [0.1, 0.15) is 22.7 Å². The minimum atomic E-state index is -0.161. The van der Waals surface area contributed by atoms with E-state index in [2.05, 4.69) is 4.98 Å². The molecule has 1 aliphatic rings. The van der Waals surface area contributed by atoms with Crippen LogP contribution in [0.5, 0.6) is 0 Å². The molecule has 0 atom stereocenters. The Morgan fingerprint density at radius 3 is 2.85 bits per heavy atom. The topological polar surface area (TPSA) is 59.1 Å². The van der Waals surface area contributed by atoms with Gasteiger partial charge in [0.15, 0.2) is 0 Å². The van der Waals surface area contributed by atoms with Crippen LogP contribution in [0.25, 0.3) is 0 Å². The van der Waals surface area contributed by atoms with Gasteiger partial charge in [-0.25, -0.2) is 4.98 Å². The lowest BCUT2D eigenvalue weighted by atomic mass is 9.66. The molecule has 3 N–H and O–H groups in total. The normalized spacial score (nSPS) is 33.0. The first-order valence-electron chi connectivity index (χ1n) is 4.47. The first-order valence-corrected chi connectivity index (χ1v) is 5.29. The van der Waals surface area contributed by atoms with Crippen molar-refractivity contribution in [2.24, 2.45) is 5.73 Å². The van der Waals surface area contributed by atoms with Crippen molar-refractivity contribution in [2.45, 2.75) is 31.3 Å². The third kappa shape index (κ3) is 1.39. The lowest BCUT2D eigenvalue weighted by Gasteiger charge is -2.43. The summed E-state index contributed by atoms with van der Waals surface area (Å²) >= 11 is 1.69. The highest BCUT2D eigenvalue weighted by Gasteiger charge is 2.44. The average Bonchev–Trinajstić information content (AvgIpc) is 2.46. The van der Waals surface area contributed by atoms with Gasteiger partial charge in [0.25, 0.3) is 0 Å². The molecule has 0 bridgehead atoms. The fourth-order valence-electron chi connectivity index (χ4n) is 1.92. The van der Waals surface area contributed by atoms with Crippen LogP contribution in [-0.4, -0.2) is 22.7 Å². The standard InChI is InChI=1S/C9H14N2OS/c1-6-11-4-8(13-6)9(5-10)2-7(12)3-9/h4,7,12H,2-3,5,10H2,1H3. The number of aliphatic hydroxyl groups is 1. The molecular formula is C9H14N2OS. The summed E-state index contributed by atoms with van der Waals surface area (Å²) in [6, 6.07) is 0. The Morgan fingerprint density at radius 1 is 1.77 bits per heavy atom. The quantitative estimate of drug-likeness (QED) is 0.739. The summed E-state index contributed by atoms with van der Waals surface area (Å²) in [7, 11) is 0. The molecule has 1 heterocycles. The average molecular weight is 198 g/mol. The van der Waals surface area contributed by atoms with Crippen LogP contribution in [0.2, 0.25) is 0 Å². The van der Waals surface area contributed by atoms with Gasteiger partial charge < -0.3 is 10.8 Å². The highest BCUT2D eigenvalue weighted by molar-refractivity contribution is 7.11. The molecule has 72 valence electrons. The number of nitrogens with two attached hydrogens (primary N) is 1. The Labute approximate surface area is 81.6 Å². The van der Waals surface area contributed by atoms with Gasteiger partial charge in [0, 0.05) is 23.0 Å². The largest absolute Gasteiger partial charge is 0.393 e. The predicted molar refractivity (Wildman–Crippen MR) is 52.8 cm³/mol. The maximum atomic E-state index is 9.31. The van der Waals surface area contributed by atoms with Gasteiger partial charge in [0.2, 0.25) is 0 Å². The zero-order chi connectivity index (χ0) is 9.47. The molecule has 0 aromatic carbocycles. The summed E-state index contributed by atoms with van der Waals surface area (Å²) in [5.41, 5.74) is 5.77. The lowest BCUT2D eigenvalue weighted by Crippen LogP contribution is -2.49. The van der Waals surface area contributed by atoms with Crippen LogP contribution < -0.4 is 5.73 Å². The summed E-state index contributed by atoms with van der Waals surface area (Å²) in [5.74, 6) is 0. The number of nitrogens with zero attached hydrogens (tertiary/aromatic N) is 1. The van der Waals surface area contributed by atoms with Crippen LogP contribution in [-0.2, 0) is 5.41 Å². The van der Waals surface area contributed by atoms with Crippen LogP contribution in [0.4, 0.5) is 0 Å². The molecular weight excluding hydrogens is 184 g/mol. The van der Waals surface area contributed by atoms with Gasteiger partial charge in [0.05, 0.1) is 11.1 Å². The zero-order valence-corrected chi connectivity index (χ0v) is 8.47. The minimum absolute atomic E-state index is 0.0331. The minimum Gasteiger partial charge on any atom is -0.393 e. The van der Waals surface area contributed by atoms with E-state index in [9.17, 15) is 5.11 Å². The van der Waals surface area contributed by atoms with Crippen molar-refractivity contribution in [1.29, 1.82) is 0 Å². The van der Waals surface area contributed by atoms with Crippen LogP contribution in [0.15, 0.2) is 6.20 Å². The summed E-state index contributed by atoms with van der Waals surface area (Å²) in [6.07, 6.45) is 3.33. The van der Waals surface area contributed by atoms with E-state index >= 15 is 0 Å². The van der Waals surface area contributed by atoms with E-state index in [1.54, 1.807) is 11.3 Å². The van der Waals surface area contributed by atoms with Crippen molar-refractivity contribution in [3.8, 4) is 0 Å². The number of rotatable bonds is 2. The predicted octanol–water partition coefficient (Wildman–Crippen LogP) is 0.803. The summed E-state index contributed by atoms with van der Waals surface area (Å²) in [5, 5.41) is 10.4. The first kappa shape index (κ1) is 9.12. The molecule has 3 nitrogen and oxygen atoms in total. The maximum Gasteiger partial charge on any atom is 0.0896 e. The smallest absolute Gasteiger partial charge is 0.0896 e. The number of hydrogen-bond donors (Lipinski definition) is 2. The number of thiazole rings is 1. The third-order valence-electron chi connectivity index (χ3n) is 2.79. The Hall–Kier alpha value is -0.450. The third-order valence-corrected chi connectivity index (χ3v) is 3.95. The first-order chi connectivity index (χ1) is 6.16. The van der Waals surface area contributed by atoms with E-state index in [-0.39, 0.29) is 11.5 Å². The van der Waals surface area contributed by atoms with E-state index in [1.807, 2.05) is 13.1 Å². The van der Waals surface area contributed by atoms with Gasteiger partial charge >= 0.3 is 0 Å². The second kappa shape index (κ2) is 3.04. The molecule has 0 radical (unpaired) electrons. The number of hydrogen-bond acceptors (Lipinski definition) is 4. The van der Waals surface area contributed by atoms with Gasteiger partial charge in [-0.2, -0.15) is 0 Å². The Kier molecular flexibility index (Phi) is 2.14. The molecule has 1 aromatic heterocycles. The van der Waals surface area contributed by atoms with Gasteiger partial charge in [-0.05, 0) is 19.8 Å². The maximum absolute atomic E-state index is 9.31. The highest BCUT2D eigenvalue weighted by atomic mass is 32.1. The van der Waals surface area contributed by atoms with Crippen molar-refractivity contribution >= 4 is 11.3 Å². The van der Waals surface area contributed by atoms with E-state index < -0.39 is 0 Å². The van der Waals surface area contributed by atoms with Crippen molar-refractivity contribution in [3.63, 3.8) is 0 Å². The SMILES string of the molecule is Cc1ncc(C2(CN)CC(O)C2)s1. The number of aromatic nitrogens is 1. The van der Waals surface area contributed by atoms with Crippen molar-refractivity contribution in [2.75, 3.05) is 6.54 Å². The molecule has 0 aliphatic heterocycles. The van der Waals surface area contributed by atoms with E-state index in [0.717, 1.165) is 17.8 Å². The van der Waals surface area contributed by atoms with Crippen LogP contribution in [0.3, 0.4) is 0 Å².